The number of carbonyl (C=O) groups excluding carboxylic acids is 1. The van der Waals surface area contributed by atoms with Crippen LogP contribution in [0.4, 0.5) is 20.3 Å². The minimum atomic E-state index is -2.63. The number of hydrogen-bond acceptors (Lipinski definition) is 3. The molecule has 0 aliphatic heterocycles. The summed E-state index contributed by atoms with van der Waals surface area (Å²) in [4.78, 5) is 16.0. The second-order valence-corrected chi connectivity index (χ2v) is 5.57. The monoisotopic (exact) mass is 333 g/mol. The normalized spacial score (nSPS) is 19.1. The number of halogens is 3. The van der Waals surface area contributed by atoms with Crippen molar-refractivity contribution in [2.24, 2.45) is 5.92 Å². The van der Waals surface area contributed by atoms with Crippen molar-refractivity contribution in [1.82, 2.24) is 4.98 Å². The summed E-state index contributed by atoms with van der Waals surface area (Å²) in [5.41, 5.74) is 6.02. The van der Waals surface area contributed by atoms with Gasteiger partial charge in [-0.2, -0.15) is 0 Å². The molecule has 1 aliphatic rings. The van der Waals surface area contributed by atoms with Crippen molar-refractivity contribution in [1.29, 1.82) is 0 Å². The number of anilines is 2. The van der Waals surface area contributed by atoms with Crippen LogP contribution in [0.2, 0.25) is 0 Å². The first-order chi connectivity index (χ1) is 8.87. The fraction of sp³-hybridized carbons (Fsp3) is 0.500. The zero-order valence-corrected chi connectivity index (χ0v) is 11.7. The highest BCUT2D eigenvalue weighted by molar-refractivity contribution is 9.10. The molecular formula is C12H14BrF2N3O. The minimum Gasteiger partial charge on any atom is -0.397 e. The molecule has 0 bridgehead atoms. The van der Waals surface area contributed by atoms with Gasteiger partial charge in [0.1, 0.15) is 5.82 Å². The average molecular weight is 334 g/mol. The zero-order chi connectivity index (χ0) is 14.0. The summed E-state index contributed by atoms with van der Waals surface area (Å²) in [6.07, 6.45) is 1.36. The van der Waals surface area contributed by atoms with Gasteiger partial charge in [-0.25, -0.2) is 13.8 Å². The predicted molar refractivity (Wildman–Crippen MR) is 71.9 cm³/mol. The van der Waals surface area contributed by atoms with Gasteiger partial charge in [0.2, 0.25) is 11.8 Å². The van der Waals surface area contributed by atoms with Crippen molar-refractivity contribution in [3.05, 3.63) is 16.7 Å². The Kier molecular flexibility index (Phi) is 4.03. The number of aromatic nitrogens is 1. The second kappa shape index (κ2) is 5.40. The van der Waals surface area contributed by atoms with Crippen molar-refractivity contribution in [2.75, 3.05) is 11.1 Å². The van der Waals surface area contributed by atoms with E-state index >= 15 is 0 Å². The maximum Gasteiger partial charge on any atom is 0.248 e. The van der Waals surface area contributed by atoms with Crippen LogP contribution in [0.5, 0.6) is 0 Å². The Hall–Kier alpha value is -1.24. The largest absolute Gasteiger partial charge is 0.397 e. The summed E-state index contributed by atoms with van der Waals surface area (Å²) in [5.74, 6) is -2.92. The molecule has 19 heavy (non-hydrogen) atoms. The van der Waals surface area contributed by atoms with E-state index in [1.54, 1.807) is 6.07 Å². The standard InChI is InChI=1S/C12H14BrF2N3O/c13-9-5-8(16)6-17-10(9)18-11(19)7-1-3-12(14,15)4-2-7/h5-7H,1-4,16H2,(H,17,18,19). The summed E-state index contributed by atoms with van der Waals surface area (Å²) < 4.78 is 26.6. The molecule has 1 saturated carbocycles. The maximum absolute atomic E-state index is 13.0. The molecule has 1 aromatic rings. The van der Waals surface area contributed by atoms with E-state index in [2.05, 4.69) is 26.2 Å². The van der Waals surface area contributed by atoms with Crippen LogP contribution in [0, 0.1) is 5.92 Å². The number of rotatable bonds is 2. The lowest BCUT2D eigenvalue weighted by molar-refractivity contribution is -0.124. The minimum absolute atomic E-state index is 0.200. The average Bonchev–Trinajstić information content (AvgIpc) is 2.32. The van der Waals surface area contributed by atoms with Crippen LogP contribution >= 0.6 is 15.9 Å². The van der Waals surface area contributed by atoms with Crippen LogP contribution in [-0.2, 0) is 4.79 Å². The van der Waals surface area contributed by atoms with Gasteiger partial charge in [-0.1, -0.05) is 0 Å². The SMILES string of the molecule is Nc1cnc(NC(=O)C2CCC(F)(F)CC2)c(Br)c1. The molecular weight excluding hydrogens is 320 g/mol. The van der Waals surface area contributed by atoms with Crippen LogP contribution in [0.1, 0.15) is 25.7 Å². The van der Waals surface area contributed by atoms with Gasteiger partial charge >= 0.3 is 0 Å². The van der Waals surface area contributed by atoms with Gasteiger partial charge in [0, 0.05) is 18.8 Å². The van der Waals surface area contributed by atoms with Crippen molar-refractivity contribution in [2.45, 2.75) is 31.6 Å². The molecule has 0 saturated heterocycles. The Morgan fingerprint density at radius 3 is 2.68 bits per heavy atom. The zero-order valence-electron chi connectivity index (χ0n) is 10.1. The molecule has 3 N–H and O–H groups in total. The van der Waals surface area contributed by atoms with E-state index in [4.69, 9.17) is 5.73 Å². The summed E-state index contributed by atoms with van der Waals surface area (Å²) in [5, 5.41) is 2.64. The van der Waals surface area contributed by atoms with Crippen LogP contribution in [0.15, 0.2) is 16.7 Å². The highest BCUT2D eigenvalue weighted by atomic mass is 79.9. The second-order valence-electron chi connectivity index (χ2n) is 4.72. The number of nitrogen functional groups attached to an aromatic ring is 1. The van der Waals surface area contributed by atoms with Crippen LogP contribution < -0.4 is 11.1 Å². The lowest BCUT2D eigenvalue weighted by Gasteiger charge is -2.27. The molecule has 0 atom stereocenters. The Morgan fingerprint density at radius 2 is 2.11 bits per heavy atom. The molecule has 0 radical (unpaired) electrons. The quantitative estimate of drug-likeness (QED) is 0.873. The summed E-state index contributed by atoms with van der Waals surface area (Å²) in [6, 6.07) is 1.62. The number of alkyl halides is 2. The third kappa shape index (κ3) is 3.62. The first-order valence-electron chi connectivity index (χ1n) is 5.97. The van der Waals surface area contributed by atoms with E-state index < -0.39 is 5.92 Å². The van der Waals surface area contributed by atoms with Crippen molar-refractivity contribution in [3.63, 3.8) is 0 Å². The van der Waals surface area contributed by atoms with Gasteiger partial charge < -0.3 is 11.1 Å². The summed E-state index contributed by atoms with van der Waals surface area (Å²) in [6.45, 7) is 0. The Balaban J connectivity index is 1.98. The van der Waals surface area contributed by atoms with Crippen LogP contribution in [0.25, 0.3) is 0 Å². The van der Waals surface area contributed by atoms with Crippen LogP contribution in [-0.4, -0.2) is 16.8 Å². The predicted octanol–water partition coefficient (Wildman–Crippen LogP) is 3.19. The third-order valence-electron chi connectivity index (χ3n) is 3.19. The van der Waals surface area contributed by atoms with E-state index in [0.717, 1.165) is 0 Å². The fourth-order valence-corrected chi connectivity index (χ4v) is 2.53. The first-order valence-corrected chi connectivity index (χ1v) is 6.76. The van der Waals surface area contributed by atoms with Gasteiger partial charge in [0.05, 0.1) is 16.4 Å². The Bertz CT molecular complexity index is 486. The van der Waals surface area contributed by atoms with Gasteiger partial charge in [-0.3, -0.25) is 4.79 Å². The number of pyridine rings is 1. The van der Waals surface area contributed by atoms with Crippen molar-refractivity contribution < 1.29 is 13.6 Å². The molecule has 4 nitrogen and oxygen atoms in total. The van der Waals surface area contributed by atoms with E-state index in [1.165, 1.54) is 6.20 Å². The number of carbonyl (C=O) groups is 1. The number of nitrogens with zero attached hydrogens (tertiary/aromatic N) is 1. The molecule has 7 heteroatoms. The number of nitrogens with one attached hydrogen (secondary N) is 1. The summed E-state index contributed by atoms with van der Waals surface area (Å²) >= 11 is 3.24. The number of nitrogens with two attached hydrogens (primary N) is 1. The van der Waals surface area contributed by atoms with Gasteiger partial charge in [-0.15, -0.1) is 0 Å². The molecule has 0 unspecified atom stereocenters. The lowest BCUT2D eigenvalue weighted by atomic mass is 9.86. The fourth-order valence-electron chi connectivity index (χ4n) is 2.07. The van der Waals surface area contributed by atoms with Crippen molar-refractivity contribution >= 4 is 33.3 Å². The highest BCUT2D eigenvalue weighted by Gasteiger charge is 2.37. The van der Waals surface area contributed by atoms with Gasteiger partial charge in [0.15, 0.2) is 0 Å². The number of amides is 1. The van der Waals surface area contributed by atoms with Crippen LogP contribution in [0.3, 0.4) is 0 Å². The molecule has 0 aromatic carbocycles. The molecule has 1 aliphatic carbocycles. The topological polar surface area (TPSA) is 68.0 Å². The van der Waals surface area contributed by atoms with E-state index in [1.807, 2.05) is 0 Å². The molecule has 2 rings (SSSR count). The van der Waals surface area contributed by atoms with Gasteiger partial charge in [0.25, 0.3) is 0 Å². The maximum atomic E-state index is 13.0. The third-order valence-corrected chi connectivity index (χ3v) is 3.80. The van der Waals surface area contributed by atoms with E-state index in [9.17, 15) is 13.6 Å². The van der Waals surface area contributed by atoms with Crippen molar-refractivity contribution in [3.8, 4) is 0 Å². The number of hydrogen-bond donors (Lipinski definition) is 2. The van der Waals surface area contributed by atoms with E-state index in [-0.39, 0.29) is 37.5 Å². The summed E-state index contributed by atoms with van der Waals surface area (Å²) in [7, 11) is 0. The molecule has 1 fully saturated rings. The molecule has 1 aromatic heterocycles. The van der Waals surface area contributed by atoms with E-state index in [0.29, 0.717) is 16.0 Å². The smallest absolute Gasteiger partial charge is 0.248 e. The lowest BCUT2D eigenvalue weighted by Crippen LogP contribution is -2.32. The Morgan fingerprint density at radius 1 is 1.47 bits per heavy atom. The molecule has 0 spiro atoms. The molecule has 104 valence electrons. The van der Waals surface area contributed by atoms with Gasteiger partial charge in [-0.05, 0) is 34.8 Å². The Labute approximate surface area is 117 Å². The highest BCUT2D eigenvalue weighted by Crippen LogP contribution is 2.36. The molecule has 1 amide bonds. The first kappa shape index (κ1) is 14.2. The molecule has 1 heterocycles.